The molecule has 0 aromatic carbocycles. The smallest absolute Gasteiger partial charge is 0.219 e. The Morgan fingerprint density at radius 3 is 2.65 bits per heavy atom. The van der Waals surface area contributed by atoms with E-state index >= 15 is 0 Å². The summed E-state index contributed by atoms with van der Waals surface area (Å²) in [5.41, 5.74) is 3.09. The quantitative estimate of drug-likeness (QED) is 0.905. The minimum absolute atomic E-state index is 0.281. The van der Waals surface area contributed by atoms with Crippen molar-refractivity contribution in [3.8, 4) is 11.6 Å². The van der Waals surface area contributed by atoms with E-state index in [1.807, 2.05) is 44.4 Å². The highest BCUT2D eigenvalue weighted by Gasteiger charge is 2.07. The third-order valence-corrected chi connectivity index (χ3v) is 3.31. The normalized spacial score (nSPS) is 12.2. The van der Waals surface area contributed by atoms with Crippen LogP contribution < -0.4 is 10.1 Å². The van der Waals surface area contributed by atoms with Crippen molar-refractivity contribution in [2.24, 2.45) is 0 Å². The number of rotatable bonds is 5. The molecule has 0 fully saturated rings. The maximum Gasteiger partial charge on any atom is 0.219 e. The zero-order chi connectivity index (χ0) is 14.5. The molecule has 0 spiro atoms. The van der Waals surface area contributed by atoms with Gasteiger partial charge in [0.2, 0.25) is 5.88 Å². The lowest BCUT2D eigenvalue weighted by Gasteiger charge is -2.12. The Balaban J connectivity index is 2.18. The fraction of sp³-hybridized carbons (Fsp3) is 0.375. The molecule has 2 rings (SSSR count). The molecule has 0 saturated carbocycles. The Bertz CT molecular complexity index is 566. The van der Waals surface area contributed by atoms with Gasteiger partial charge in [0, 0.05) is 24.0 Å². The Kier molecular flexibility index (Phi) is 4.69. The second kappa shape index (κ2) is 6.48. The zero-order valence-corrected chi connectivity index (χ0v) is 12.5. The van der Waals surface area contributed by atoms with E-state index < -0.39 is 0 Å². The van der Waals surface area contributed by atoms with Gasteiger partial charge in [-0.3, -0.25) is 4.98 Å². The van der Waals surface area contributed by atoms with Gasteiger partial charge in [0.1, 0.15) is 0 Å². The van der Waals surface area contributed by atoms with Crippen LogP contribution in [-0.4, -0.2) is 17.0 Å². The van der Waals surface area contributed by atoms with Crippen LogP contribution in [0.5, 0.6) is 11.6 Å². The fourth-order valence-electron chi connectivity index (χ4n) is 1.93. The molecule has 2 aromatic heterocycles. The third kappa shape index (κ3) is 3.33. The summed E-state index contributed by atoms with van der Waals surface area (Å²) in [6.07, 6.45) is 2.68. The van der Waals surface area contributed by atoms with E-state index in [1.165, 1.54) is 0 Å². The van der Waals surface area contributed by atoms with Crippen molar-refractivity contribution in [2.75, 3.05) is 7.05 Å². The summed E-state index contributed by atoms with van der Waals surface area (Å²) in [6, 6.07) is 8.10. The van der Waals surface area contributed by atoms with E-state index in [0.29, 0.717) is 5.88 Å². The molecular formula is C16H21N3O. The molecule has 4 nitrogen and oxygen atoms in total. The zero-order valence-electron chi connectivity index (χ0n) is 12.5. The van der Waals surface area contributed by atoms with Crippen LogP contribution in [0.15, 0.2) is 30.5 Å². The average molecular weight is 271 g/mol. The molecule has 0 aliphatic carbocycles. The van der Waals surface area contributed by atoms with Crippen LogP contribution in [0.25, 0.3) is 0 Å². The average Bonchev–Trinajstić information content (AvgIpc) is 2.49. The third-order valence-electron chi connectivity index (χ3n) is 3.31. The first-order valence-electron chi connectivity index (χ1n) is 6.91. The second-order valence-electron chi connectivity index (χ2n) is 4.79. The number of pyridine rings is 2. The molecule has 0 saturated heterocycles. The topological polar surface area (TPSA) is 47.0 Å². The Hall–Kier alpha value is -1.94. The van der Waals surface area contributed by atoms with Crippen LogP contribution in [0.4, 0.5) is 0 Å². The van der Waals surface area contributed by atoms with Crippen molar-refractivity contribution in [1.29, 1.82) is 0 Å². The van der Waals surface area contributed by atoms with Crippen molar-refractivity contribution >= 4 is 0 Å². The maximum atomic E-state index is 5.83. The molecule has 1 unspecified atom stereocenters. The highest BCUT2D eigenvalue weighted by molar-refractivity contribution is 5.33. The van der Waals surface area contributed by atoms with E-state index in [9.17, 15) is 0 Å². The summed E-state index contributed by atoms with van der Waals surface area (Å²) in [6.45, 7) is 6.14. The first-order valence-corrected chi connectivity index (χ1v) is 6.91. The Morgan fingerprint density at radius 2 is 2.05 bits per heavy atom. The molecule has 2 aromatic rings. The van der Waals surface area contributed by atoms with Gasteiger partial charge in [-0.05, 0) is 45.0 Å². The van der Waals surface area contributed by atoms with Crippen LogP contribution in [0.2, 0.25) is 0 Å². The lowest BCUT2D eigenvalue weighted by molar-refractivity contribution is 0.453. The number of ether oxygens (including phenoxy) is 1. The highest BCUT2D eigenvalue weighted by atomic mass is 16.5. The van der Waals surface area contributed by atoms with Crippen LogP contribution in [0.1, 0.15) is 36.8 Å². The molecule has 1 atom stereocenters. The van der Waals surface area contributed by atoms with Gasteiger partial charge in [-0.1, -0.05) is 13.0 Å². The maximum absolute atomic E-state index is 5.83. The van der Waals surface area contributed by atoms with E-state index in [-0.39, 0.29) is 6.04 Å². The van der Waals surface area contributed by atoms with Crippen molar-refractivity contribution in [1.82, 2.24) is 15.3 Å². The molecule has 20 heavy (non-hydrogen) atoms. The molecule has 1 N–H and O–H groups in total. The molecule has 0 amide bonds. The Labute approximate surface area is 120 Å². The van der Waals surface area contributed by atoms with Gasteiger partial charge in [-0.25, -0.2) is 4.98 Å². The van der Waals surface area contributed by atoms with Gasteiger partial charge in [-0.15, -0.1) is 0 Å². The standard InChI is InChI=1S/C16H21N3O/c1-5-14-15(8-6-11(2)19-14)20-16-9-7-13(10-18-16)12(3)17-4/h6-10,12,17H,5H2,1-4H3. The minimum atomic E-state index is 0.281. The summed E-state index contributed by atoms with van der Waals surface area (Å²) in [5, 5.41) is 3.18. The summed E-state index contributed by atoms with van der Waals surface area (Å²) in [7, 11) is 1.93. The van der Waals surface area contributed by atoms with Gasteiger partial charge in [0.25, 0.3) is 0 Å². The molecular weight excluding hydrogens is 250 g/mol. The molecule has 2 heterocycles. The Morgan fingerprint density at radius 1 is 1.25 bits per heavy atom. The summed E-state index contributed by atoms with van der Waals surface area (Å²) in [5.74, 6) is 1.37. The van der Waals surface area contributed by atoms with Crippen LogP contribution in [0.3, 0.4) is 0 Å². The number of hydrogen-bond acceptors (Lipinski definition) is 4. The van der Waals surface area contributed by atoms with E-state index in [2.05, 4.69) is 29.1 Å². The monoisotopic (exact) mass is 271 g/mol. The van der Waals surface area contributed by atoms with Gasteiger partial charge in [0.05, 0.1) is 5.69 Å². The van der Waals surface area contributed by atoms with Gasteiger partial charge in [0.15, 0.2) is 5.75 Å². The number of nitrogens with one attached hydrogen (secondary N) is 1. The number of aromatic nitrogens is 2. The number of hydrogen-bond donors (Lipinski definition) is 1. The van der Waals surface area contributed by atoms with E-state index in [0.717, 1.165) is 29.1 Å². The first kappa shape index (κ1) is 14.5. The summed E-state index contributed by atoms with van der Waals surface area (Å²) in [4.78, 5) is 8.83. The molecule has 0 aliphatic heterocycles. The van der Waals surface area contributed by atoms with Crippen LogP contribution >= 0.6 is 0 Å². The van der Waals surface area contributed by atoms with Gasteiger partial charge in [-0.2, -0.15) is 0 Å². The molecule has 106 valence electrons. The molecule has 0 bridgehead atoms. The SMILES string of the molecule is CCc1nc(C)ccc1Oc1ccc(C(C)NC)cn1. The molecule has 4 heteroatoms. The second-order valence-corrected chi connectivity index (χ2v) is 4.79. The predicted molar refractivity (Wildman–Crippen MR) is 80.1 cm³/mol. The van der Waals surface area contributed by atoms with Crippen molar-refractivity contribution in [2.45, 2.75) is 33.2 Å². The lowest BCUT2D eigenvalue weighted by Crippen LogP contribution is -2.12. The van der Waals surface area contributed by atoms with Gasteiger partial charge >= 0.3 is 0 Å². The highest BCUT2D eigenvalue weighted by Crippen LogP contribution is 2.24. The van der Waals surface area contributed by atoms with Crippen molar-refractivity contribution < 1.29 is 4.74 Å². The molecule has 0 radical (unpaired) electrons. The van der Waals surface area contributed by atoms with Crippen LogP contribution in [0, 0.1) is 6.92 Å². The van der Waals surface area contributed by atoms with E-state index in [1.54, 1.807) is 0 Å². The fourth-order valence-corrected chi connectivity index (χ4v) is 1.93. The van der Waals surface area contributed by atoms with Crippen molar-refractivity contribution in [3.63, 3.8) is 0 Å². The van der Waals surface area contributed by atoms with Crippen molar-refractivity contribution in [3.05, 3.63) is 47.4 Å². The lowest BCUT2D eigenvalue weighted by atomic mass is 10.1. The van der Waals surface area contributed by atoms with Gasteiger partial charge < -0.3 is 10.1 Å². The van der Waals surface area contributed by atoms with Crippen LogP contribution in [-0.2, 0) is 6.42 Å². The first-order chi connectivity index (χ1) is 9.63. The number of aryl methyl sites for hydroxylation is 2. The summed E-state index contributed by atoms with van der Waals surface area (Å²) < 4.78 is 5.83. The number of nitrogens with zero attached hydrogens (tertiary/aromatic N) is 2. The van der Waals surface area contributed by atoms with E-state index in [4.69, 9.17) is 4.74 Å². The molecule has 0 aliphatic rings. The predicted octanol–water partition coefficient (Wildman–Crippen LogP) is 3.42. The minimum Gasteiger partial charge on any atom is -0.437 e. The largest absolute Gasteiger partial charge is 0.437 e. The summed E-state index contributed by atoms with van der Waals surface area (Å²) >= 11 is 0.